The Morgan fingerprint density at radius 3 is 2.36 bits per heavy atom. The van der Waals surface area contributed by atoms with Crippen molar-refractivity contribution < 1.29 is 27.4 Å². The second-order valence-electron chi connectivity index (χ2n) is 5.30. The van der Waals surface area contributed by atoms with Crippen LogP contribution in [0.4, 0.5) is 18.9 Å². The summed E-state index contributed by atoms with van der Waals surface area (Å²) in [4.78, 5) is 14.9. The number of primary amides is 1. The fraction of sp³-hybridized carbons (Fsp3) is 0.176. The molecule has 0 aromatic heterocycles. The maximum absolute atomic E-state index is 12.1. The maximum Gasteiger partial charge on any atom is 0.573 e. The molecule has 0 aliphatic carbocycles. The Bertz CT molecular complexity index is 814. The van der Waals surface area contributed by atoms with E-state index in [1.165, 1.54) is 12.1 Å². The van der Waals surface area contributed by atoms with E-state index >= 15 is 0 Å². The first-order chi connectivity index (χ1) is 12.7. The van der Waals surface area contributed by atoms with Crippen LogP contribution < -0.4 is 26.3 Å². The Labute approximate surface area is 175 Å². The highest BCUT2D eigenvalue weighted by Gasteiger charge is 2.30. The van der Waals surface area contributed by atoms with Crippen molar-refractivity contribution in [3.05, 3.63) is 54.1 Å². The van der Waals surface area contributed by atoms with Crippen LogP contribution in [-0.2, 0) is 11.3 Å². The molecule has 0 saturated carbocycles. The fourth-order valence-electron chi connectivity index (χ4n) is 1.99. The molecule has 2 rings (SSSR count). The topological polar surface area (TPSA) is 112 Å². The van der Waals surface area contributed by atoms with Crippen molar-refractivity contribution in [1.82, 2.24) is 0 Å². The third kappa shape index (κ3) is 8.79. The molecular weight excluding hydrogens is 492 g/mol. The lowest BCUT2D eigenvalue weighted by molar-refractivity contribution is -0.274. The molecule has 0 heterocycles. The number of carbonyl (C=O) groups excluding carboxylic acids is 1. The largest absolute Gasteiger partial charge is 0.573 e. The van der Waals surface area contributed by atoms with E-state index in [9.17, 15) is 18.0 Å². The summed E-state index contributed by atoms with van der Waals surface area (Å²) in [6.07, 6.45) is -4.74. The van der Waals surface area contributed by atoms with Gasteiger partial charge in [0, 0.05) is 5.69 Å². The van der Waals surface area contributed by atoms with Gasteiger partial charge in [-0.15, -0.1) is 37.1 Å². The molecule has 0 aliphatic rings. The standard InChI is InChI=1S/C17H17F3N4O3.HI/c18-17(19,20)27-13-6-4-12(5-7-13)24-16(22)23-9-11-2-1-3-14(8-11)26-10-15(21)25;/h1-8H,9-10H2,(H2,21,25)(H3,22,23,24);1H. The van der Waals surface area contributed by atoms with Gasteiger partial charge in [0.05, 0.1) is 6.54 Å². The monoisotopic (exact) mass is 510 g/mol. The Balaban J connectivity index is 0.00000392. The van der Waals surface area contributed by atoms with Crippen LogP contribution in [0, 0.1) is 0 Å². The van der Waals surface area contributed by atoms with Crippen LogP contribution in [0.2, 0.25) is 0 Å². The summed E-state index contributed by atoms with van der Waals surface area (Å²) in [7, 11) is 0. The number of nitrogens with zero attached hydrogens (tertiary/aromatic N) is 1. The molecule has 2 aromatic carbocycles. The van der Waals surface area contributed by atoms with Crippen molar-refractivity contribution >= 4 is 41.5 Å². The predicted octanol–water partition coefficient (Wildman–Crippen LogP) is 2.99. The Morgan fingerprint density at radius 1 is 1.07 bits per heavy atom. The fourth-order valence-corrected chi connectivity index (χ4v) is 1.99. The number of hydrogen-bond donors (Lipinski definition) is 3. The third-order valence-corrected chi connectivity index (χ3v) is 3.07. The van der Waals surface area contributed by atoms with Crippen LogP contribution in [0.25, 0.3) is 0 Å². The van der Waals surface area contributed by atoms with Gasteiger partial charge in [-0.2, -0.15) is 0 Å². The van der Waals surface area contributed by atoms with Crippen molar-refractivity contribution in [2.75, 3.05) is 11.9 Å². The molecule has 0 spiro atoms. The van der Waals surface area contributed by atoms with Gasteiger partial charge in [0.15, 0.2) is 12.6 Å². The quantitative estimate of drug-likeness (QED) is 0.301. The SMILES string of the molecule is I.NC(=O)COc1cccc(CN=C(N)Nc2ccc(OC(F)(F)F)cc2)c1. The van der Waals surface area contributed by atoms with Crippen molar-refractivity contribution in [2.45, 2.75) is 12.9 Å². The lowest BCUT2D eigenvalue weighted by Crippen LogP contribution is -2.22. The molecule has 1 amide bonds. The third-order valence-electron chi connectivity index (χ3n) is 3.07. The Kier molecular flexibility index (Phi) is 8.82. The first-order valence-corrected chi connectivity index (χ1v) is 7.64. The summed E-state index contributed by atoms with van der Waals surface area (Å²) in [5, 5.41) is 2.76. The van der Waals surface area contributed by atoms with Gasteiger partial charge in [-0.05, 0) is 42.0 Å². The van der Waals surface area contributed by atoms with Crippen LogP contribution >= 0.6 is 24.0 Å². The summed E-state index contributed by atoms with van der Waals surface area (Å²) in [5.74, 6) is -0.383. The van der Waals surface area contributed by atoms with Gasteiger partial charge in [0.2, 0.25) is 0 Å². The van der Waals surface area contributed by atoms with Crippen molar-refractivity contribution in [3.8, 4) is 11.5 Å². The normalized spacial score (nSPS) is 11.3. The predicted molar refractivity (Wildman–Crippen MR) is 109 cm³/mol. The molecule has 0 fully saturated rings. The number of halogens is 4. The van der Waals surface area contributed by atoms with E-state index < -0.39 is 12.3 Å². The van der Waals surface area contributed by atoms with Gasteiger partial charge in [-0.3, -0.25) is 4.79 Å². The minimum absolute atomic E-state index is 0. The van der Waals surface area contributed by atoms with Crippen molar-refractivity contribution in [2.24, 2.45) is 16.5 Å². The van der Waals surface area contributed by atoms with Crippen LogP contribution in [0.3, 0.4) is 0 Å². The number of nitrogens with two attached hydrogens (primary N) is 2. The van der Waals surface area contributed by atoms with Gasteiger partial charge in [0.1, 0.15) is 11.5 Å². The number of ether oxygens (including phenoxy) is 2. The van der Waals surface area contributed by atoms with Crippen molar-refractivity contribution in [3.63, 3.8) is 0 Å². The van der Waals surface area contributed by atoms with E-state index in [4.69, 9.17) is 16.2 Å². The van der Waals surface area contributed by atoms with Gasteiger partial charge < -0.3 is 26.3 Å². The highest BCUT2D eigenvalue weighted by Crippen LogP contribution is 2.23. The van der Waals surface area contributed by atoms with Crippen molar-refractivity contribution in [1.29, 1.82) is 0 Å². The van der Waals surface area contributed by atoms with Crippen LogP contribution in [0.1, 0.15) is 5.56 Å². The summed E-state index contributed by atoms with van der Waals surface area (Å²) in [6, 6.07) is 11.9. The highest BCUT2D eigenvalue weighted by atomic mass is 127. The minimum Gasteiger partial charge on any atom is -0.484 e. The van der Waals surface area contributed by atoms with Gasteiger partial charge in [0.25, 0.3) is 5.91 Å². The summed E-state index contributed by atoms with van der Waals surface area (Å²) in [5.41, 5.74) is 12.0. The number of alkyl halides is 3. The summed E-state index contributed by atoms with van der Waals surface area (Å²) < 4.78 is 45.3. The number of hydrogen-bond acceptors (Lipinski definition) is 4. The first-order valence-electron chi connectivity index (χ1n) is 7.64. The molecule has 0 aliphatic heterocycles. The molecule has 7 nitrogen and oxygen atoms in total. The van der Waals surface area contributed by atoms with E-state index in [0.29, 0.717) is 11.4 Å². The molecule has 0 radical (unpaired) electrons. The molecule has 0 unspecified atom stereocenters. The number of aliphatic imine (C=N–C) groups is 1. The number of nitrogens with one attached hydrogen (secondary N) is 1. The molecule has 0 saturated heterocycles. The zero-order valence-corrected chi connectivity index (χ0v) is 16.7. The zero-order valence-electron chi connectivity index (χ0n) is 14.4. The first kappa shape index (κ1) is 23.3. The average molecular weight is 510 g/mol. The molecule has 2 aromatic rings. The van der Waals surface area contributed by atoms with Gasteiger partial charge in [-0.1, -0.05) is 12.1 Å². The smallest absolute Gasteiger partial charge is 0.484 e. The number of carbonyl (C=O) groups is 1. The molecule has 5 N–H and O–H groups in total. The molecule has 11 heteroatoms. The van der Waals surface area contributed by atoms with E-state index in [2.05, 4.69) is 15.0 Å². The second-order valence-corrected chi connectivity index (χ2v) is 5.30. The summed E-state index contributed by atoms with van der Waals surface area (Å²) >= 11 is 0. The number of guanidine groups is 1. The minimum atomic E-state index is -4.74. The van der Waals surface area contributed by atoms with E-state index in [1.54, 1.807) is 24.3 Å². The lowest BCUT2D eigenvalue weighted by Gasteiger charge is -2.10. The molecule has 152 valence electrons. The molecule has 28 heavy (non-hydrogen) atoms. The van der Waals surface area contributed by atoms with Crippen LogP contribution in [0.5, 0.6) is 11.5 Å². The molecular formula is C17H18F3IN4O3. The lowest BCUT2D eigenvalue weighted by atomic mass is 10.2. The van der Waals surface area contributed by atoms with E-state index in [-0.39, 0.29) is 48.8 Å². The van der Waals surface area contributed by atoms with E-state index in [0.717, 1.165) is 17.7 Å². The second kappa shape index (κ2) is 10.6. The Hall–Kier alpha value is -2.70. The average Bonchev–Trinajstić information content (AvgIpc) is 2.59. The van der Waals surface area contributed by atoms with Crippen LogP contribution in [0.15, 0.2) is 53.5 Å². The maximum atomic E-state index is 12.1. The number of rotatable bonds is 7. The number of amides is 1. The highest BCUT2D eigenvalue weighted by molar-refractivity contribution is 14.0. The zero-order chi connectivity index (χ0) is 19.9. The van der Waals surface area contributed by atoms with Crippen LogP contribution in [-0.4, -0.2) is 24.8 Å². The Morgan fingerprint density at radius 2 is 1.75 bits per heavy atom. The number of anilines is 1. The summed E-state index contributed by atoms with van der Waals surface area (Å²) in [6.45, 7) is -0.00760. The van der Waals surface area contributed by atoms with Gasteiger partial charge in [-0.25, -0.2) is 4.99 Å². The van der Waals surface area contributed by atoms with E-state index in [1.807, 2.05) is 0 Å². The number of benzene rings is 2. The molecule has 0 atom stereocenters. The molecule has 0 bridgehead atoms. The van der Waals surface area contributed by atoms with Gasteiger partial charge >= 0.3 is 6.36 Å².